The first-order valence-corrected chi connectivity index (χ1v) is 6.21. The predicted octanol–water partition coefficient (Wildman–Crippen LogP) is 1.97. The van der Waals surface area contributed by atoms with E-state index in [0.717, 1.165) is 6.07 Å². The maximum atomic E-state index is 13.8. The summed E-state index contributed by atoms with van der Waals surface area (Å²) in [5.74, 6) is -0.997. The third-order valence-corrected chi connectivity index (χ3v) is 3.11. The quantitative estimate of drug-likeness (QED) is 0.653. The summed E-state index contributed by atoms with van der Waals surface area (Å²) in [6, 6.07) is 8.44. The number of hydrogen-bond acceptors (Lipinski definition) is 4. The summed E-state index contributed by atoms with van der Waals surface area (Å²) in [5.41, 5.74) is 6.28. The fraction of sp³-hybridized carbons (Fsp3) is 0.0667. The Balaban J connectivity index is 1.98. The first kappa shape index (κ1) is 13.1. The molecule has 3 rings (SSSR count). The zero-order chi connectivity index (χ0) is 15.0. The standard InChI is InChI=1S/C15H11FN2O3/c16-11-6-9(17)2-3-10(11)15(20)8-1-4-13-12(5-8)18-14(19)7-21-13/h1-6H,7,17H2,(H,18,19). The molecule has 0 aliphatic carbocycles. The minimum atomic E-state index is -0.682. The second kappa shape index (κ2) is 4.90. The third kappa shape index (κ3) is 2.43. The molecular weight excluding hydrogens is 275 g/mol. The van der Waals surface area contributed by atoms with Gasteiger partial charge in [0.25, 0.3) is 5.91 Å². The first-order valence-electron chi connectivity index (χ1n) is 6.21. The Morgan fingerprint density at radius 1 is 1.24 bits per heavy atom. The molecule has 21 heavy (non-hydrogen) atoms. The highest BCUT2D eigenvalue weighted by Gasteiger charge is 2.20. The van der Waals surface area contributed by atoms with Gasteiger partial charge in [-0.3, -0.25) is 9.59 Å². The molecule has 0 bridgehead atoms. The van der Waals surface area contributed by atoms with Crippen LogP contribution in [0, 0.1) is 5.82 Å². The Morgan fingerprint density at radius 3 is 2.81 bits per heavy atom. The number of halogens is 1. The molecule has 2 aromatic carbocycles. The molecule has 0 atom stereocenters. The number of benzene rings is 2. The Kier molecular flexibility index (Phi) is 3.06. The molecule has 6 heteroatoms. The Labute approximate surface area is 119 Å². The van der Waals surface area contributed by atoms with Crippen molar-refractivity contribution in [3.05, 3.63) is 53.3 Å². The van der Waals surface area contributed by atoms with Crippen molar-refractivity contribution in [1.29, 1.82) is 0 Å². The lowest BCUT2D eigenvalue weighted by atomic mass is 10.0. The molecule has 3 N–H and O–H groups in total. The molecule has 2 aromatic rings. The van der Waals surface area contributed by atoms with Crippen LogP contribution in [0.4, 0.5) is 15.8 Å². The Hall–Kier alpha value is -2.89. The van der Waals surface area contributed by atoms with Crippen LogP contribution in [0.15, 0.2) is 36.4 Å². The predicted molar refractivity (Wildman–Crippen MR) is 74.8 cm³/mol. The van der Waals surface area contributed by atoms with Gasteiger partial charge in [0, 0.05) is 11.3 Å². The molecule has 5 nitrogen and oxygen atoms in total. The van der Waals surface area contributed by atoms with Crippen molar-refractivity contribution in [2.45, 2.75) is 0 Å². The number of ketones is 1. The topological polar surface area (TPSA) is 81.4 Å². The molecule has 1 heterocycles. The molecule has 0 unspecified atom stereocenters. The lowest BCUT2D eigenvalue weighted by molar-refractivity contribution is -0.118. The zero-order valence-electron chi connectivity index (χ0n) is 10.9. The van der Waals surface area contributed by atoms with Crippen LogP contribution in [-0.2, 0) is 4.79 Å². The molecule has 1 amide bonds. The Bertz CT molecular complexity index is 759. The number of ether oxygens (including phenoxy) is 1. The molecule has 1 aliphatic rings. The summed E-state index contributed by atoms with van der Waals surface area (Å²) >= 11 is 0. The van der Waals surface area contributed by atoms with Crippen molar-refractivity contribution in [2.75, 3.05) is 17.7 Å². The number of nitrogen functional groups attached to an aromatic ring is 1. The molecule has 0 aromatic heterocycles. The van der Waals surface area contributed by atoms with Crippen LogP contribution < -0.4 is 15.8 Å². The maximum absolute atomic E-state index is 13.8. The van der Waals surface area contributed by atoms with Crippen LogP contribution in [0.2, 0.25) is 0 Å². The summed E-state index contributed by atoms with van der Waals surface area (Å²) in [5, 5.41) is 2.60. The Morgan fingerprint density at radius 2 is 2.05 bits per heavy atom. The second-order valence-corrected chi connectivity index (χ2v) is 4.62. The number of rotatable bonds is 2. The van der Waals surface area contributed by atoms with Crippen LogP contribution in [0.25, 0.3) is 0 Å². The van der Waals surface area contributed by atoms with Crippen molar-refractivity contribution in [3.63, 3.8) is 0 Å². The summed E-state index contributed by atoms with van der Waals surface area (Å²) < 4.78 is 19.0. The van der Waals surface area contributed by atoms with Gasteiger partial charge in [0.2, 0.25) is 0 Å². The average molecular weight is 286 g/mol. The highest BCUT2D eigenvalue weighted by atomic mass is 19.1. The minimum Gasteiger partial charge on any atom is -0.482 e. The number of nitrogens with one attached hydrogen (secondary N) is 1. The smallest absolute Gasteiger partial charge is 0.262 e. The summed E-state index contributed by atoms with van der Waals surface area (Å²) in [6.45, 7) is -0.0626. The summed E-state index contributed by atoms with van der Waals surface area (Å²) in [4.78, 5) is 23.6. The number of carbonyl (C=O) groups excluding carboxylic acids is 2. The molecule has 0 saturated carbocycles. The van der Waals surface area contributed by atoms with E-state index in [9.17, 15) is 14.0 Å². The van der Waals surface area contributed by atoms with Crippen molar-refractivity contribution in [1.82, 2.24) is 0 Å². The average Bonchev–Trinajstić information content (AvgIpc) is 2.46. The van der Waals surface area contributed by atoms with Crippen LogP contribution in [0.3, 0.4) is 0 Å². The highest BCUT2D eigenvalue weighted by molar-refractivity contribution is 6.10. The van der Waals surface area contributed by atoms with Crippen LogP contribution >= 0.6 is 0 Å². The van der Waals surface area contributed by atoms with Gasteiger partial charge >= 0.3 is 0 Å². The second-order valence-electron chi connectivity index (χ2n) is 4.62. The normalized spacial score (nSPS) is 13.1. The molecule has 0 radical (unpaired) electrons. The largest absolute Gasteiger partial charge is 0.482 e. The number of carbonyl (C=O) groups is 2. The maximum Gasteiger partial charge on any atom is 0.262 e. The monoisotopic (exact) mass is 286 g/mol. The van der Waals surface area contributed by atoms with Crippen LogP contribution in [0.5, 0.6) is 5.75 Å². The number of amides is 1. The van der Waals surface area contributed by atoms with Gasteiger partial charge in [-0.15, -0.1) is 0 Å². The van der Waals surface area contributed by atoms with Gasteiger partial charge in [-0.25, -0.2) is 4.39 Å². The van der Waals surface area contributed by atoms with Gasteiger partial charge in [-0.05, 0) is 36.4 Å². The fourth-order valence-corrected chi connectivity index (χ4v) is 2.10. The molecule has 0 saturated heterocycles. The van der Waals surface area contributed by atoms with Crippen molar-refractivity contribution in [2.24, 2.45) is 0 Å². The number of hydrogen-bond donors (Lipinski definition) is 2. The summed E-state index contributed by atoms with van der Waals surface area (Å²) in [7, 11) is 0. The van der Waals surface area contributed by atoms with Gasteiger partial charge in [0.1, 0.15) is 11.6 Å². The van der Waals surface area contributed by atoms with Gasteiger partial charge in [-0.1, -0.05) is 0 Å². The van der Waals surface area contributed by atoms with Gasteiger partial charge in [0.05, 0.1) is 11.3 Å². The van der Waals surface area contributed by atoms with Gasteiger partial charge in [0.15, 0.2) is 12.4 Å². The first-order chi connectivity index (χ1) is 10.0. The molecule has 0 fully saturated rings. The van der Waals surface area contributed by atoms with Crippen LogP contribution in [-0.4, -0.2) is 18.3 Å². The van der Waals surface area contributed by atoms with E-state index in [1.165, 1.54) is 24.3 Å². The summed E-state index contributed by atoms with van der Waals surface area (Å²) in [6.07, 6.45) is 0. The van der Waals surface area contributed by atoms with Gasteiger partial charge < -0.3 is 15.8 Å². The zero-order valence-corrected chi connectivity index (χ0v) is 10.9. The van der Waals surface area contributed by atoms with Crippen LogP contribution in [0.1, 0.15) is 15.9 Å². The number of nitrogens with two attached hydrogens (primary N) is 1. The van der Waals surface area contributed by atoms with Gasteiger partial charge in [-0.2, -0.15) is 0 Å². The van der Waals surface area contributed by atoms with E-state index in [1.54, 1.807) is 6.07 Å². The molecule has 1 aliphatic heterocycles. The van der Waals surface area contributed by atoms with E-state index in [0.29, 0.717) is 11.4 Å². The van der Waals surface area contributed by atoms with E-state index in [4.69, 9.17) is 10.5 Å². The molecule has 0 spiro atoms. The van der Waals surface area contributed by atoms with E-state index < -0.39 is 11.6 Å². The third-order valence-electron chi connectivity index (χ3n) is 3.11. The van der Waals surface area contributed by atoms with E-state index in [-0.39, 0.29) is 29.3 Å². The molecular formula is C15H11FN2O3. The van der Waals surface area contributed by atoms with Crippen molar-refractivity contribution < 1.29 is 18.7 Å². The molecule has 106 valence electrons. The van der Waals surface area contributed by atoms with E-state index in [2.05, 4.69) is 5.32 Å². The fourth-order valence-electron chi connectivity index (χ4n) is 2.10. The highest BCUT2D eigenvalue weighted by Crippen LogP contribution is 2.29. The van der Waals surface area contributed by atoms with E-state index in [1.807, 2.05) is 0 Å². The lowest BCUT2D eigenvalue weighted by Gasteiger charge is -2.18. The SMILES string of the molecule is Nc1ccc(C(=O)c2ccc3c(c2)NC(=O)CO3)c(F)c1. The van der Waals surface area contributed by atoms with Crippen molar-refractivity contribution in [3.8, 4) is 5.75 Å². The minimum absolute atomic E-state index is 0.0626. The number of fused-ring (bicyclic) bond motifs is 1. The van der Waals surface area contributed by atoms with Crippen molar-refractivity contribution >= 4 is 23.1 Å². The lowest BCUT2D eigenvalue weighted by Crippen LogP contribution is -2.25. The van der Waals surface area contributed by atoms with E-state index >= 15 is 0 Å². The number of anilines is 2.